The lowest BCUT2D eigenvalue weighted by Gasteiger charge is -2.29. The minimum Gasteiger partial charge on any atom is -0.394 e. The number of hydrogen-bond acceptors (Lipinski definition) is 5. The minimum absolute atomic E-state index is 0.0516. The fourth-order valence-electron chi connectivity index (χ4n) is 2.40. The van der Waals surface area contributed by atoms with E-state index in [1.807, 2.05) is 0 Å². The van der Waals surface area contributed by atoms with Crippen LogP contribution in [0.25, 0.3) is 0 Å². The van der Waals surface area contributed by atoms with E-state index in [0.29, 0.717) is 44.9 Å². The Bertz CT molecular complexity index is 216. The van der Waals surface area contributed by atoms with Gasteiger partial charge in [-0.1, -0.05) is 19.8 Å². The minimum atomic E-state index is -0.466. The molecule has 0 aromatic carbocycles. The number of ether oxygens (including phenoxy) is 2. The number of hydrogen-bond donors (Lipinski definition) is 3. The number of rotatable bonds is 10. The van der Waals surface area contributed by atoms with Gasteiger partial charge in [-0.05, 0) is 18.8 Å². The molecule has 0 aromatic heterocycles. The summed E-state index contributed by atoms with van der Waals surface area (Å²) in [7, 11) is 0. The second-order valence-electron chi connectivity index (χ2n) is 5.33. The maximum Gasteiger partial charge on any atom is 0.0897 e. The molecule has 3 N–H and O–H groups in total. The van der Waals surface area contributed by atoms with Gasteiger partial charge in [0.15, 0.2) is 0 Å². The van der Waals surface area contributed by atoms with Crippen molar-refractivity contribution in [3.63, 3.8) is 0 Å². The van der Waals surface area contributed by atoms with E-state index in [-0.39, 0.29) is 6.61 Å². The van der Waals surface area contributed by atoms with Gasteiger partial charge in [0.05, 0.1) is 38.6 Å². The third kappa shape index (κ3) is 7.84. The first-order valence-corrected chi connectivity index (χ1v) is 7.43. The highest BCUT2D eigenvalue weighted by molar-refractivity contribution is 4.73. The van der Waals surface area contributed by atoms with Gasteiger partial charge in [-0.3, -0.25) is 0 Å². The van der Waals surface area contributed by atoms with E-state index < -0.39 is 6.10 Å². The average molecular weight is 275 g/mol. The van der Waals surface area contributed by atoms with Crippen LogP contribution in [-0.4, -0.2) is 61.9 Å². The van der Waals surface area contributed by atoms with Crippen molar-refractivity contribution < 1.29 is 19.7 Å². The van der Waals surface area contributed by atoms with Gasteiger partial charge >= 0.3 is 0 Å². The standard InChI is InChI=1S/C14H29NO4/c1-12-4-2-3-5-14(12)19-11-13(17)10-15-6-8-18-9-7-16/h12-17H,2-11H2,1H3/t12-,13-,14+/m0/s1. The summed E-state index contributed by atoms with van der Waals surface area (Å²) < 4.78 is 10.9. The molecule has 3 atom stereocenters. The zero-order valence-corrected chi connectivity index (χ0v) is 12.0. The third-order valence-corrected chi connectivity index (χ3v) is 3.57. The second-order valence-corrected chi connectivity index (χ2v) is 5.33. The maximum atomic E-state index is 9.80. The number of aliphatic hydroxyl groups excluding tert-OH is 2. The Labute approximate surface area is 116 Å². The normalized spacial score (nSPS) is 25.4. The molecule has 1 rings (SSSR count). The Balaban J connectivity index is 1.96. The summed E-state index contributed by atoms with van der Waals surface area (Å²) in [5, 5.41) is 21.4. The van der Waals surface area contributed by atoms with Crippen molar-refractivity contribution in [3.05, 3.63) is 0 Å². The predicted octanol–water partition coefficient (Wildman–Crippen LogP) is 0.541. The molecule has 5 nitrogen and oxygen atoms in total. The lowest BCUT2D eigenvalue weighted by molar-refractivity contribution is -0.0453. The molecule has 0 saturated heterocycles. The second kappa shape index (κ2) is 10.6. The van der Waals surface area contributed by atoms with Crippen LogP contribution in [0, 0.1) is 5.92 Å². The first-order valence-electron chi connectivity index (χ1n) is 7.43. The van der Waals surface area contributed by atoms with Gasteiger partial charge in [0.25, 0.3) is 0 Å². The topological polar surface area (TPSA) is 71.0 Å². The van der Waals surface area contributed by atoms with Crippen LogP contribution in [0.1, 0.15) is 32.6 Å². The molecule has 0 bridgehead atoms. The Kier molecular flexibility index (Phi) is 9.38. The molecule has 1 fully saturated rings. The van der Waals surface area contributed by atoms with Crippen molar-refractivity contribution >= 4 is 0 Å². The van der Waals surface area contributed by atoms with E-state index in [4.69, 9.17) is 14.6 Å². The highest BCUT2D eigenvalue weighted by atomic mass is 16.5. The monoisotopic (exact) mass is 275 g/mol. The largest absolute Gasteiger partial charge is 0.394 e. The summed E-state index contributed by atoms with van der Waals surface area (Å²) in [5.41, 5.74) is 0. The average Bonchev–Trinajstić information content (AvgIpc) is 2.42. The van der Waals surface area contributed by atoms with E-state index in [0.717, 1.165) is 6.42 Å². The van der Waals surface area contributed by atoms with Crippen molar-refractivity contribution in [2.45, 2.75) is 44.8 Å². The molecule has 0 heterocycles. The molecule has 1 aliphatic carbocycles. The molecule has 114 valence electrons. The van der Waals surface area contributed by atoms with Crippen LogP contribution in [0.5, 0.6) is 0 Å². The summed E-state index contributed by atoms with van der Waals surface area (Å²) in [6, 6.07) is 0. The molecule has 5 heteroatoms. The van der Waals surface area contributed by atoms with E-state index in [1.54, 1.807) is 0 Å². The van der Waals surface area contributed by atoms with E-state index in [9.17, 15) is 5.11 Å². The van der Waals surface area contributed by atoms with Crippen LogP contribution in [0.2, 0.25) is 0 Å². The lowest BCUT2D eigenvalue weighted by atomic mass is 9.88. The smallest absolute Gasteiger partial charge is 0.0897 e. The Morgan fingerprint density at radius 2 is 2.05 bits per heavy atom. The zero-order chi connectivity index (χ0) is 13.9. The van der Waals surface area contributed by atoms with Crippen LogP contribution in [0.3, 0.4) is 0 Å². The van der Waals surface area contributed by atoms with Crippen molar-refractivity contribution in [3.8, 4) is 0 Å². The summed E-state index contributed by atoms with van der Waals surface area (Å²) >= 11 is 0. The SMILES string of the molecule is C[C@H]1CCCC[C@H]1OC[C@@H](O)CNCCOCCO. The first kappa shape index (κ1) is 16.9. The maximum absolute atomic E-state index is 9.80. The first-order chi connectivity index (χ1) is 9.24. The van der Waals surface area contributed by atoms with Crippen molar-refractivity contribution in [1.82, 2.24) is 5.32 Å². The summed E-state index contributed by atoms with van der Waals surface area (Å²) in [6.45, 7) is 4.80. The van der Waals surface area contributed by atoms with Gasteiger partial charge in [-0.25, -0.2) is 0 Å². The Morgan fingerprint density at radius 3 is 2.79 bits per heavy atom. The molecular formula is C14H29NO4. The highest BCUT2D eigenvalue weighted by Crippen LogP contribution is 2.26. The molecule has 0 amide bonds. The molecule has 0 aliphatic heterocycles. The summed E-state index contributed by atoms with van der Waals surface area (Å²) in [6.07, 6.45) is 4.76. The van der Waals surface area contributed by atoms with Gasteiger partial charge < -0.3 is 25.0 Å². The molecule has 19 heavy (non-hydrogen) atoms. The van der Waals surface area contributed by atoms with Crippen LogP contribution < -0.4 is 5.32 Å². The highest BCUT2D eigenvalue weighted by Gasteiger charge is 2.22. The van der Waals surface area contributed by atoms with Crippen LogP contribution in [0.15, 0.2) is 0 Å². The molecule has 1 saturated carbocycles. The Morgan fingerprint density at radius 1 is 1.26 bits per heavy atom. The molecular weight excluding hydrogens is 246 g/mol. The molecule has 1 aliphatic rings. The van der Waals surface area contributed by atoms with Gasteiger partial charge in [0, 0.05) is 13.1 Å². The van der Waals surface area contributed by atoms with Crippen LogP contribution in [0.4, 0.5) is 0 Å². The number of nitrogens with one attached hydrogen (secondary N) is 1. The van der Waals surface area contributed by atoms with Gasteiger partial charge in [0.2, 0.25) is 0 Å². The fraction of sp³-hybridized carbons (Fsp3) is 1.00. The predicted molar refractivity (Wildman–Crippen MR) is 74.2 cm³/mol. The van der Waals surface area contributed by atoms with E-state index in [1.165, 1.54) is 19.3 Å². The zero-order valence-electron chi connectivity index (χ0n) is 12.0. The van der Waals surface area contributed by atoms with Crippen LogP contribution in [-0.2, 0) is 9.47 Å². The molecule has 0 aromatic rings. The van der Waals surface area contributed by atoms with Crippen molar-refractivity contribution in [2.24, 2.45) is 5.92 Å². The quantitative estimate of drug-likeness (QED) is 0.508. The summed E-state index contributed by atoms with van der Waals surface area (Å²) in [5.74, 6) is 0.612. The third-order valence-electron chi connectivity index (χ3n) is 3.57. The molecule has 0 radical (unpaired) electrons. The fourth-order valence-corrected chi connectivity index (χ4v) is 2.40. The van der Waals surface area contributed by atoms with Gasteiger partial charge in [0.1, 0.15) is 0 Å². The van der Waals surface area contributed by atoms with E-state index >= 15 is 0 Å². The molecule has 0 spiro atoms. The number of aliphatic hydroxyl groups is 2. The Hall–Kier alpha value is -0.200. The van der Waals surface area contributed by atoms with E-state index in [2.05, 4.69) is 12.2 Å². The van der Waals surface area contributed by atoms with Gasteiger partial charge in [-0.2, -0.15) is 0 Å². The lowest BCUT2D eigenvalue weighted by Crippen LogP contribution is -2.35. The molecule has 0 unspecified atom stereocenters. The van der Waals surface area contributed by atoms with Crippen LogP contribution >= 0.6 is 0 Å². The van der Waals surface area contributed by atoms with Crippen molar-refractivity contribution in [1.29, 1.82) is 0 Å². The van der Waals surface area contributed by atoms with Gasteiger partial charge in [-0.15, -0.1) is 0 Å². The summed E-state index contributed by atoms with van der Waals surface area (Å²) in [4.78, 5) is 0. The van der Waals surface area contributed by atoms with Crippen molar-refractivity contribution in [2.75, 3.05) is 39.5 Å².